The predicted octanol–water partition coefficient (Wildman–Crippen LogP) is 0.0402. The van der Waals surface area contributed by atoms with Crippen LogP contribution in [-0.4, -0.2) is 137 Å². The van der Waals surface area contributed by atoms with E-state index in [1.807, 2.05) is 0 Å². The van der Waals surface area contributed by atoms with Crippen molar-refractivity contribution in [2.24, 2.45) is 17.6 Å². The van der Waals surface area contributed by atoms with Gasteiger partial charge in [-0.25, -0.2) is 4.79 Å². The molecule has 1 unspecified atom stereocenters. The Morgan fingerprint density at radius 2 is 1.33 bits per heavy atom. The van der Waals surface area contributed by atoms with Crippen molar-refractivity contribution in [3.63, 3.8) is 0 Å². The Labute approximate surface area is 349 Å². The van der Waals surface area contributed by atoms with Gasteiger partial charge in [-0.2, -0.15) is 0 Å². The molecule has 2 atom stereocenters. The van der Waals surface area contributed by atoms with E-state index in [1.165, 1.54) is 12.2 Å². The Morgan fingerprint density at radius 3 is 1.92 bits per heavy atom. The van der Waals surface area contributed by atoms with E-state index in [-0.39, 0.29) is 95.6 Å². The van der Waals surface area contributed by atoms with Gasteiger partial charge in [0.1, 0.15) is 18.7 Å². The minimum absolute atomic E-state index is 0.00749. The number of anilines is 1. The molecule has 0 radical (unpaired) electrons. The van der Waals surface area contributed by atoms with Crippen LogP contribution in [0, 0.1) is 11.8 Å². The van der Waals surface area contributed by atoms with Crippen molar-refractivity contribution < 1.29 is 62.0 Å². The van der Waals surface area contributed by atoms with Gasteiger partial charge in [0.05, 0.1) is 58.8 Å². The minimum Gasteiger partial charge on any atom is -0.461 e. The SMILES string of the molecule is CC(C)C(NC(=O)CCOCCOCCOCCOCCNC(=O)CCN1C(=O)C=CC1=O)C(=O)N[C@@H](CCCNC(N)=O)C(=O)Nc1ccc(COC(=O)C2CC2)cc1. The third-order valence-corrected chi connectivity index (χ3v) is 9.00. The van der Waals surface area contributed by atoms with Gasteiger partial charge in [0.2, 0.25) is 23.6 Å². The molecule has 7 N–H and O–H groups in total. The second kappa shape index (κ2) is 27.3. The molecule has 0 saturated heterocycles. The highest BCUT2D eigenvalue weighted by Crippen LogP contribution is 2.30. The lowest BCUT2D eigenvalue weighted by Gasteiger charge is -2.25. The summed E-state index contributed by atoms with van der Waals surface area (Å²) in [6.07, 6.45) is 4.54. The highest BCUT2D eigenvalue weighted by molar-refractivity contribution is 6.13. The molecule has 20 nitrogen and oxygen atoms in total. The van der Waals surface area contributed by atoms with Gasteiger partial charge in [0, 0.05) is 50.3 Å². The molecule has 0 aromatic heterocycles. The molecule has 3 rings (SSSR count). The fourth-order valence-corrected chi connectivity index (χ4v) is 5.48. The van der Waals surface area contributed by atoms with Gasteiger partial charge in [0.15, 0.2) is 0 Å². The van der Waals surface area contributed by atoms with E-state index in [2.05, 4.69) is 26.6 Å². The molecule has 0 spiro atoms. The van der Waals surface area contributed by atoms with E-state index in [4.69, 9.17) is 29.4 Å². The predicted molar refractivity (Wildman–Crippen MR) is 214 cm³/mol. The number of carbonyl (C=O) groups is 8. The fourth-order valence-electron chi connectivity index (χ4n) is 5.48. The van der Waals surface area contributed by atoms with Crippen molar-refractivity contribution in [1.82, 2.24) is 26.2 Å². The number of nitrogens with one attached hydrogen (secondary N) is 5. The standard InChI is InChI=1S/C40H59N7O13/c1-27(2)36(38(53)45-31(4-3-15-43-40(41)55)37(52)44-30-9-5-28(6-10-30)26-60-39(54)29-7-8-29)46-33(49)14-18-56-20-22-58-24-25-59-23-21-57-19-16-42-32(48)13-17-47-34(50)11-12-35(47)51/h5-6,9-12,27,29,31,36H,3-4,7-8,13-26H2,1-2H3,(H,42,48)(H,44,52)(H,45,53)(H,46,49)(H3,41,43,55)/t31-,36?/m0/s1. The van der Waals surface area contributed by atoms with Crippen LogP contribution in [0.1, 0.15) is 57.9 Å². The molecule has 1 fully saturated rings. The summed E-state index contributed by atoms with van der Waals surface area (Å²) in [4.78, 5) is 98.4. The monoisotopic (exact) mass is 845 g/mol. The Bertz CT molecular complexity index is 1600. The number of imide groups is 1. The molecule has 2 aliphatic rings. The van der Waals surface area contributed by atoms with Crippen LogP contribution in [0.3, 0.4) is 0 Å². The van der Waals surface area contributed by atoms with Crippen LogP contribution in [0.5, 0.6) is 0 Å². The van der Waals surface area contributed by atoms with Gasteiger partial charge >= 0.3 is 12.0 Å². The lowest BCUT2D eigenvalue weighted by atomic mass is 10.0. The summed E-state index contributed by atoms with van der Waals surface area (Å²) in [5.74, 6) is -3.15. The van der Waals surface area contributed by atoms with Crippen LogP contribution in [0.4, 0.5) is 10.5 Å². The molecule has 1 aromatic carbocycles. The zero-order valence-corrected chi connectivity index (χ0v) is 34.3. The number of hydrogen-bond donors (Lipinski definition) is 6. The zero-order valence-electron chi connectivity index (χ0n) is 34.3. The number of primary amides is 1. The first-order valence-electron chi connectivity index (χ1n) is 20.1. The number of nitrogens with zero attached hydrogens (tertiary/aromatic N) is 1. The quantitative estimate of drug-likeness (QED) is 0.0328. The summed E-state index contributed by atoms with van der Waals surface area (Å²) < 4.78 is 27.1. The smallest absolute Gasteiger partial charge is 0.312 e. The number of hydrogen-bond acceptors (Lipinski definition) is 13. The average molecular weight is 846 g/mol. The Balaban J connectivity index is 1.25. The van der Waals surface area contributed by atoms with Gasteiger partial charge in [-0.1, -0.05) is 26.0 Å². The summed E-state index contributed by atoms with van der Waals surface area (Å²) in [6, 6.07) is 4.12. The van der Waals surface area contributed by atoms with Gasteiger partial charge in [-0.15, -0.1) is 0 Å². The van der Waals surface area contributed by atoms with Crippen molar-refractivity contribution in [2.45, 2.75) is 71.1 Å². The first-order valence-corrected chi connectivity index (χ1v) is 20.1. The molecule has 1 aliphatic heterocycles. The second-order valence-electron chi connectivity index (χ2n) is 14.3. The maximum atomic E-state index is 13.4. The van der Waals surface area contributed by atoms with E-state index in [1.54, 1.807) is 38.1 Å². The van der Waals surface area contributed by atoms with E-state index in [0.29, 0.717) is 38.5 Å². The number of carbonyl (C=O) groups excluding carboxylic acids is 8. The van der Waals surface area contributed by atoms with Crippen LogP contribution in [0.15, 0.2) is 36.4 Å². The number of nitrogens with two attached hydrogens (primary N) is 1. The maximum Gasteiger partial charge on any atom is 0.312 e. The second-order valence-corrected chi connectivity index (χ2v) is 14.3. The topological polar surface area (TPSA) is 272 Å². The average Bonchev–Trinajstić information content (AvgIpc) is 4.02. The van der Waals surface area contributed by atoms with E-state index in [9.17, 15) is 38.4 Å². The summed E-state index contributed by atoms with van der Waals surface area (Å²) in [5, 5.41) is 13.4. The molecule has 60 heavy (non-hydrogen) atoms. The summed E-state index contributed by atoms with van der Waals surface area (Å²) >= 11 is 0. The van der Waals surface area contributed by atoms with Crippen molar-refractivity contribution in [3.8, 4) is 0 Å². The number of rotatable bonds is 31. The largest absolute Gasteiger partial charge is 0.461 e. The number of amides is 8. The van der Waals surface area contributed by atoms with E-state index < -0.39 is 47.7 Å². The number of benzene rings is 1. The number of ether oxygens (including phenoxy) is 5. The van der Waals surface area contributed by atoms with Crippen molar-refractivity contribution in [3.05, 3.63) is 42.0 Å². The minimum atomic E-state index is -1.00. The molecule has 1 aliphatic carbocycles. The molecule has 1 saturated carbocycles. The summed E-state index contributed by atoms with van der Waals surface area (Å²) in [5.41, 5.74) is 6.37. The van der Waals surface area contributed by atoms with Gasteiger partial charge in [-0.3, -0.25) is 38.5 Å². The third-order valence-electron chi connectivity index (χ3n) is 9.00. The molecule has 20 heteroatoms. The van der Waals surface area contributed by atoms with Gasteiger partial charge in [0.25, 0.3) is 11.8 Å². The van der Waals surface area contributed by atoms with Crippen LogP contribution < -0.4 is 32.3 Å². The highest BCUT2D eigenvalue weighted by Gasteiger charge is 2.31. The molecular weight excluding hydrogens is 786 g/mol. The zero-order chi connectivity index (χ0) is 43.7. The number of urea groups is 1. The molecule has 0 bridgehead atoms. The molecule has 1 aromatic rings. The van der Waals surface area contributed by atoms with Crippen LogP contribution >= 0.6 is 0 Å². The molecular formula is C40H59N7O13. The molecule has 1 heterocycles. The van der Waals surface area contributed by atoms with E-state index in [0.717, 1.165) is 23.3 Å². The van der Waals surface area contributed by atoms with Crippen LogP contribution in [-0.2, 0) is 63.9 Å². The Morgan fingerprint density at radius 1 is 0.733 bits per heavy atom. The number of esters is 1. The van der Waals surface area contributed by atoms with Crippen molar-refractivity contribution >= 4 is 53.1 Å². The Kier molecular flexibility index (Phi) is 22.3. The first kappa shape index (κ1) is 48.9. The van der Waals surface area contributed by atoms with Crippen molar-refractivity contribution in [1.29, 1.82) is 0 Å². The van der Waals surface area contributed by atoms with E-state index >= 15 is 0 Å². The summed E-state index contributed by atoms with van der Waals surface area (Å²) in [6.45, 7) is 6.27. The Hall–Kier alpha value is -5.44. The molecule has 8 amide bonds. The van der Waals surface area contributed by atoms with Gasteiger partial charge < -0.3 is 56.0 Å². The first-order chi connectivity index (χ1) is 28.8. The third kappa shape index (κ3) is 20.0. The summed E-state index contributed by atoms with van der Waals surface area (Å²) in [7, 11) is 0. The maximum absolute atomic E-state index is 13.4. The fraction of sp³-hybridized carbons (Fsp3) is 0.600. The molecule has 332 valence electrons. The van der Waals surface area contributed by atoms with Crippen LogP contribution in [0.2, 0.25) is 0 Å². The van der Waals surface area contributed by atoms with Crippen LogP contribution in [0.25, 0.3) is 0 Å². The van der Waals surface area contributed by atoms with Gasteiger partial charge in [-0.05, 0) is 49.3 Å². The van der Waals surface area contributed by atoms with Crippen molar-refractivity contribution in [2.75, 3.05) is 77.8 Å². The lowest BCUT2D eigenvalue weighted by molar-refractivity contribution is -0.146. The lowest BCUT2D eigenvalue weighted by Crippen LogP contribution is -2.54. The highest BCUT2D eigenvalue weighted by atomic mass is 16.6. The normalized spacial score (nSPS) is 14.4.